The van der Waals surface area contributed by atoms with Crippen LogP contribution in [0, 0.1) is 5.92 Å². The van der Waals surface area contributed by atoms with Crippen LogP contribution in [0.3, 0.4) is 0 Å². The third kappa shape index (κ3) is 2.04. The standard InChI is InChI=1S/C11H20FN/c1-2-9-4-3-5-11(6-9)13-7-10(12)8-13/h9-11H,2-8H2,1H3. The molecule has 2 heteroatoms. The minimum Gasteiger partial charge on any atom is -0.295 e. The van der Waals surface area contributed by atoms with E-state index in [0.29, 0.717) is 19.1 Å². The summed E-state index contributed by atoms with van der Waals surface area (Å²) in [5.41, 5.74) is 0. The molecule has 2 fully saturated rings. The zero-order chi connectivity index (χ0) is 9.26. The summed E-state index contributed by atoms with van der Waals surface area (Å²) in [6.45, 7) is 3.70. The van der Waals surface area contributed by atoms with Crippen molar-refractivity contribution in [1.82, 2.24) is 4.90 Å². The molecule has 2 aliphatic rings. The SMILES string of the molecule is CCC1CCCC(N2CC(F)C2)C1. The lowest BCUT2D eigenvalue weighted by Crippen LogP contribution is -2.54. The maximum Gasteiger partial charge on any atom is 0.125 e. The predicted octanol–water partition coefficient (Wildman–Crippen LogP) is 2.61. The molecule has 2 unspecified atom stereocenters. The average molecular weight is 185 g/mol. The molecule has 2 atom stereocenters. The van der Waals surface area contributed by atoms with Crippen molar-refractivity contribution in [2.24, 2.45) is 5.92 Å². The fraction of sp³-hybridized carbons (Fsp3) is 1.00. The highest BCUT2D eigenvalue weighted by atomic mass is 19.1. The van der Waals surface area contributed by atoms with Crippen LogP contribution in [0.2, 0.25) is 0 Å². The van der Waals surface area contributed by atoms with E-state index in [9.17, 15) is 4.39 Å². The molecule has 1 aliphatic carbocycles. The summed E-state index contributed by atoms with van der Waals surface area (Å²) in [5, 5.41) is 0. The van der Waals surface area contributed by atoms with Crippen LogP contribution in [0.25, 0.3) is 0 Å². The monoisotopic (exact) mass is 185 g/mol. The van der Waals surface area contributed by atoms with Gasteiger partial charge in [0, 0.05) is 19.1 Å². The Hall–Kier alpha value is -0.110. The second-order valence-electron chi connectivity index (χ2n) is 4.65. The molecular formula is C11H20FN. The lowest BCUT2D eigenvalue weighted by molar-refractivity contribution is 0.00499. The summed E-state index contributed by atoms with van der Waals surface area (Å²) < 4.78 is 12.7. The molecule has 13 heavy (non-hydrogen) atoms. The normalized spacial score (nSPS) is 37.4. The molecule has 0 amide bonds. The van der Waals surface area contributed by atoms with E-state index in [0.717, 1.165) is 5.92 Å². The van der Waals surface area contributed by atoms with Gasteiger partial charge in [-0.1, -0.05) is 26.2 Å². The summed E-state index contributed by atoms with van der Waals surface area (Å²) >= 11 is 0. The number of alkyl halides is 1. The van der Waals surface area contributed by atoms with E-state index < -0.39 is 6.17 Å². The Morgan fingerprint density at radius 1 is 1.31 bits per heavy atom. The number of halogens is 1. The van der Waals surface area contributed by atoms with Gasteiger partial charge in [-0.05, 0) is 18.8 Å². The topological polar surface area (TPSA) is 3.24 Å². The molecule has 1 saturated heterocycles. The quantitative estimate of drug-likeness (QED) is 0.639. The molecule has 2 rings (SSSR count). The van der Waals surface area contributed by atoms with E-state index in [1.165, 1.54) is 32.1 Å². The summed E-state index contributed by atoms with van der Waals surface area (Å²) in [6, 6.07) is 0.714. The fourth-order valence-electron chi connectivity index (χ4n) is 2.72. The third-order valence-corrected chi connectivity index (χ3v) is 3.71. The van der Waals surface area contributed by atoms with Gasteiger partial charge in [-0.25, -0.2) is 4.39 Å². The first kappa shape index (κ1) is 9.45. The lowest BCUT2D eigenvalue weighted by atomic mass is 9.82. The van der Waals surface area contributed by atoms with Crippen molar-refractivity contribution in [2.75, 3.05) is 13.1 Å². The van der Waals surface area contributed by atoms with E-state index in [2.05, 4.69) is 11.8 Å². The molecule has 0 bridgehead atoms. The lowest BCUT2D eigenvalue weighted by Gasteiger charge is -2.44. The second kappa shape index (κ2) is 3.95. The van der Waals surface area contributed by atoms with E-state index in [1.807, 2.05) is 0 Å². The fourth-order valence-corrected chi connectivity index (χ4v) is 2.72. The maximum atomic E-state index is 12.7. The Morgan fingerprint density at radius 2 is 2.08 bits per heavy atom. The first-order valence-electron chi connectivity index (χ1n) is 5.67. The molecule has 0 aromatic carbocycles. The van der Waals surface area contributed by atoms with Gasteiger partial charge in [-0.15, -0.1) is 0 Å². The van der Waals surface area contributed by atoms with Crippen LogP contribution in [-0.4, -0.2) is 30.2 Å². The minimum atomic E-state index is -0.526. The van der Waals surface area contributed by atoms with Gasteiger partial charge in [-0.3, -0.25) is 4.90 Å². The average Bonchev–Trinajstić information content (AvgIpc) is 2.13. The van der Waals surface area contributed by atoms with Crippen molar-refractivity contribution >= 4 is 0 Å². The van der Waals surface area contributed by atoms with Crippen LogP contribution in [0.1, 0.15) is 39.0 Å². The van der Waals surface area contributed by atoms with E-state index in [1.54, 1.807) is 0 Å². The van der Waals surface area contributed by atoms with Gasteiger partial charge in [0.05, 0.1) is 0 Å². The van der Waals surface area contributed by atoms with Gasteiger partial charge in [0.1, 0.15) is 6.17 Å². The van der Waals surface area contributed by atoms with Gasteiger partial charge in [0.15, 0.2) is 0 Å². The first-order valence-corrected chi connectivity index (χ1v) is 5.67. The molecule has 1 saturated carbocycles. The smallest absolute Gasteiger partial charge is 0.125 e. The van der Waals surface area contributed by atoms with E-state index >= 15 is 0 Å². The Bertz CT molecular complexity index is 165. The van der Waals surface area contributed by atoms with Gasteiger partial charge in [0.25, 0.3) is 0 Å². The Labute approximate surface area is 80.3 Å². The number of nitrogens with zero attached hydrogens (tertiary/aromatic N) is 1. The van der Waals surface area contributed by atoms with Crippen LogP contribution in [0.15, 0.2) is 0 Å². The molecule has 76 valence electrons. The highest BCUT2D eigenvalue weighted by molar-refractivity contribution is 4.88. The molecule has 0 radical (unpaired) electrons. The van der Waals surface area contributed by atoms with Crippen LogP contribution in [0.4, 0.5) is 4.39 Å². The van der Waals surface area contributed by atoms with E-state index in [4.69, 9.17) is 0 Å². The summed E-state index contributed by atoms with van der Waals surface area (Å²) in [6.07, 6.45) is 6.17. The molecule has 1 aliphatic heterocycles. The van der Waals surface area contributed by atoms with Crippen molar-refractivity contribution in [3.8, 4) is 0 Å². The summed E-state index contributed by atoms with van der Waals surface area (Å²) in [5.74, 6) is 0.914. The Balaban J connectivity index is 1.79. The Kier molecular flexibility index (Phi) is 2.87. The number of hydrogen-bond acceptors (Lipinski definition) is 1. The number of rotatable bonds is 2. The van der Waals surface area contributed by atoms with Crippen LogP contribution in [0.5, 0.6) is 0 Å². The first-order chi connectivity index (χ1) is 6.29. The van der Waals surface area contributed by atoms with Crippen LogP contribution < -0.4 is 0 Å². The number of hydrogen-bond donors (Lipinski definition) is 0. The molecule has 1 nitrogen and oxygen atoms in total. The van der Waals surface area contributed by atoms with Gasteiger partial charge in [-0.2, -0.15) is 0 Å². The largest absolute Gasteiger partial charge is 0.295 e. The van der Waals surface area contributed by atoms with E-state index in [-0.39, 0.29) is 0 Å². The summed E-state index contributed by atoms with van der Waals surface area (Å²) in [7, 11) is 0. The van der Waals surface area contributed by atoms with Crippen molar-refractivity contribution in [2.45, 2.75) is 51.2 Å². The van der Waals surface area contributed by atoms with Gasteiger partial charge in [0.2, 0.25) is 0 Å². The minimum absolute atomic E-state index is 0.526. The zero-order valence-electron chi connectivity index (χ0n) is 8.51. The van der Waals surface area contributed by atoms with Crippen molar-refractivity contribution in [1.29, 1.82) is 0 Å². The van der Waals surface area contributed by atoms with Crippen molar-refractivity contribution in [3.05, 3.63) is 0 Å². The highest BCUT2D eigenvalue weighted by Gasteiger charge is 2.34. The molecular weight excluding hydrogens is 165 g/mol. The second-order valence-corrected chi connectivity index (χ2v) is 4.65. The molecule has 1 heterocycles. The predicted molar refractivity (Wildman–Crippen MR) is 52.5 cm³/mol. The molecule has 0 N–H and O–H groups in total. The third-order valence-electron chi connectivity index (χ3n) is 3.71. The van der Waals surface area contributed by atoms with Crippen LogP contribution >= 0.6 is 0 Å². The van der Waals surface area contributed by atoms with Crippen molar-refractivity contribution < 1.29 is 4.39 Å². The van der Waals surface area contributed by atoms with Crippen molar-refractivity contribution in [3.63, 3.8) is 0 Å². The highest BCUT2D eigenvalue weighted by Crippen LogP contribution is 2.32. The Morgan fingerprint density at radius 3 is 2.69 bits per heavy atom. The molecule has 0 spiro atoms. The van der Waals surface area contributed by atoms with Crippen LogP contribution in [-0.2, 0) is 0 Å². The zero-order valence-corrected chi connectivity index (χ0v) is 8.51. The summed E-state index contributed by atoms with van der Waals surface area (Å²) in [4.78, 5) is 2.34. The maximum absolute atomic E-state index is 12.7. The number of likely N-dealkylation sites (tertiary alicyclic amines) is 1. The van der Waals surface area contributed by atoms with Gasteiger partial charge < -0.3 is 0 Å². The molecule has 0 aromatic rings. The van der Waals surface area contributed by atoms with Gasteiger partial charge >= 0.3 is 0 Å². The molecule has 0 aromatic heterocycles.